The first-order chi connectivity index (χ1) is 9.05. The Kier molecular flexibility index (Phi) is 3.41. The van der Waals surface area contributed by atoms with Crippen molar-refractivity contribution in [2.75, 3.05) is 0 Å². The van der Waals surface area contributed by atoms with E-state index in [2.05, 4.69) is 32.0 Å². The first kappa shape index (κ1) is 13.5. The van der Waals surface area contributed by atoms with E-state index in [0.717, 1.165) is 0 Å². The van der Waals surface area contributed by atoms with Gasteiger partial charge in [-0.05, 0) is 45.1 Å². The second-order valence-electron chi connectivity index (χ2n) is 7.33. The fraction of sp³-hybridized carbons (Fsp3) is 0.882. The molecule has 0 aromatic heterocycles. The van der Waals surface area contributed by atoms with Crippen LogP contribution in [0, 0.1) is 5.41 Å². The lowest BCUT2D eigenvalue weighted by molar-refractivity contribution is -0.289. The van der Waals surface area contributed by atoms with Crippen molar-refractivity contribution in [3.8, 4) is 0 Å². The van der Waals surface area contributed by atoms with E-state index >= 15 is 0 Å². The summed E-state index contributed by atoms with van der Waals surface area (Å²) in [6, 6.07) is 0.618. The van der Waals surface area contributed by atoms with E-state index in [1.54, 1.807) is 0 Å². The van der Waals surface area contributed by atoms with Crippen LogP contribution in [0.15, 0.2) is 11.8 Å². The van der Waals surface area contributed by atoms with Crippen LogP contribution in [-0.4, -0.2) is 16.7 Å². The number of hydrogen-bond acceptors (Lipinski definition) is 2. The summed E-state index contributed by atoms with van der Waals surface area (Å²) in [6.45, 7) is 7.08. The summed E-state index contributed by atoms with van der Waals surface area (Å²) >= 11 is 0. The topological polar surface area (TPSA) is 12.5 Å². The molecule has 19 heavy (non-hydrogen) atoms. The van der Waals surface area contributed by atoms with Crippen molar-refractivity contribution in [3.63, 3.8) is 0 Å². The molecule has 0 amide bonds. The molecule has 0 bridgehead atoms. The average molecular weight is 263 g/mol. The minimum atomic E-state index is 0.0154. The van der Waals surface area contributed by atoms with Crippen molar-refractivity contribution < 1.29 is 4.84 Å². The van der Waals surface area contributed by atoms with Crippen molar-refractivity contribution in [1.82, 2.24) is 5.06 Å². The predicted molar refractivity (Wildman–Crippen MR) is 78.5 cm³/mol. The Morgan fingerprint density at radius 2 is 1.74 bits per heavy atom. The monoisotopic (exact) mass is 263 g/mol. The maximum absolute atomic E-state index is 6.55. The van der Waals surface area contributed by atoms with Crippen LogP contribution in [0.5, 0.6) is 0 Å². The van der Waals surface area contributed by atoms with E-state index in [-0.39, 0.29) is 11.0 Å². The third kappa shape index (κ3) is 2.12. The molecule has 2 nitrogen and oxygen atoms in total. The summed E-state index contributed by atoms with van der Waals surface area (Å²) in [5, 5.41) is 2.24. The van der Waals surface area contributed by atoms with Gasteiger partial charge in [0.25, 0.3) is 0 Å². The van der Waals surface area contributed by atoms with Gasteiger partial charge in [0, 0.05) is 11.6 Å². The molecule has 2 heteroatoms. The van der Waals surface area contributed by atoms with Gasteiger partial charge in [-0.15, -0.1) is 0 Å². The van der Waals surface area contributed by atoms with E-state index in [0.29, 0.717) is 6.04 Å². The van der Waals surface area contributed by atoms with E-state index in [1.165, 1.54) is 63.4 Å². The average Bonchev–Trinajstić information content (AvgIpc) is 2.42. The highest BCUT2D eigenvalue weighted by Crippen LogP contribution is 2.54. The lowest BCUT2D eigenvalue weighted by Crippen LogP contribution is -2.56. The van der Waals surface area contributed by atoms with Crippen LogP contribution in [-0.2, 0) is 4.84 Å². The van der Waals surface area contributed by atoms with Crippen LogP contribution in [0.1, 0.15) is 78.6 Å². The molecule has 2 fully saturated rings. The van der Waals surface area contributed by atoms with Crippen molar-refractivity contribution in [2.24, 2.45) is 5.41 Å². The molecule has 2 atom stereocenters. The van der Waals surface area contributed by atoms with Crippen molar-refractivity contribution in [1.29, 1.82) is 0 Å². The molecule has 0 radical (unpaired) electrons. The third-order valence-corrected chi connectivity index (χ3v) is 6.18. The van der Waals surface area contributed by atoms with Gasteiger partial charge in [0.2, 0.25) is 0 Å². The van der Waals surface area contributed by atoms with E-state index in [1.807, 2.05) is 0 Å². The second kappa shape index (κ2) is 4.80. The summed E-state index contributed by atoms with van der Waals surface area (Å²) in [7, 11) is 0. The number of rotatable bonds is 1. The van der Waals surface area contributed by atoms with Gasteiger partial charge in [-0.3, -0.25) is 9.90 Å². The molecule has 1 aliphatic heterocycles. The van der Waals surface area contributed by atoms with Crippen LogP contribution in [0.25, 0.3) is 0 Å². The largest absolute Gasteiger partial charge is 0.267 e. The number of fused-ring (bicyclic) bond motifs is 1. The maximum Gasteiger partial charge on any atom is 0.102 e. The van der Waals surface area contributed by atoms with Gasteiger partial charge in [-0.25, -0.2) is 0 Å². The molecule has 2 unspecified atom stereocenters. The predicted octanol–water partition coefficient (Wildman–Crippen LogP) is 4.81. The molecule has 0 spiro atoms. The van der Waals surface area contributed by atoms with Gasteiger partial charge in [0.1, 0.15) is 5.60 Å². The van der Waals surface area contributed by atoms with Crippen LogP contribution < -0.4 is 0 Å². The molecule has 3 rings (SSSR count). The molecule has 3 aliphatic rings. The van der Waals surface area contributed by atoms with Gasteiger partial charge in [0.05, 0.1) is 6.04 Å². The molecular weight excluding hydrogens is 234 g/mol. The highest BCUT2D eigenvalue weighted by atomic mass is 16.7. The zero-order chi connectivity index (χ0) is 13.5. The maximum atomic E-state index is 6.55. The first-order valence-electron chi connectivity index (χ1n) is 8.22. The minimum Gasteiger partial charge on any atom is -0.267 e. The fourth-order valence-corrected chi connectivity index (χ4v) is 4.35. The second-order valence-corrected chi connectivity index (χ2v) is 7.33. The van der Waals surface area contributed by atoms with Gasteiger partial charge < -0.3 is 0 Å². The highest BCUT2D eigenvalue weighted by Gasteiger charge is 2.52. The Labute approximate surface area is 118 Å². The fourth-order valence-electron chi connectivity index (χ4n) is 4.35. The zero-order valence-corrected chi connectivity index (χ0v) is 12.9. The summed E-state index contributed by atoms with van der Waals surface area (Å²) in [5.41, 5.74) is 1.80. The standard InChI is InChI=1S/C17H29NO/c1-14-13-18(15-9-5-4-6-10-15)19-17(3)12-8-7-11-16(14,17)2/h13,15H,4-12H2,1-3H3. The molecule has 2 aliphatic carbocycles. The quantitative estimate of drug-likeness (QED) is 0.673. The van der Waals surface area contributed by atoms with Crippen LogP contribution in [0.2, 0.25) is 0 Å². The molecule has 0 N–H and O–H groups in total. The Morgan fingerprint density at radius 1 is 1.05 bits per heavy atom. The Balaban J connectivity index is 1.86. The summed E-state index contributed by atoms with van der Waals surface area (Å²) in [4.78, 5) is 6.55. The van der Waals surface area contributed by atoms with E-state index < -0.39 is 0 Å². The molecule has 108 valence electrons. The van der Waals surface area contributed by atoms with E-state index in [4.69, 9.17) is 4.84 Å². The zero-order valence-electron chi connectivity index (χ0n) is 12.9. The highest BCUT2D eigenvalue weighted by molar-refractivity contribution is 5.21. The Bertz CT molecular complexity index is 371. The number of hydrogen-bond donors (Lipinski definition) is 0. The molecule has 0 aromatic carbocycles. The Hall–Kier alpha value is -0.500. The summed E-state index contributed by atoms with van der Waals surface area (Å²) < 4.78 is 0. The van der Waals surface area contributed by atoms with Gasteiger partial charge in [-0.1, -0.05) is 39.0 Å². The van der Waals surface area contributed by atoms with Crippen molar-refractivity contribution >= 4 is 0 Å². The van der Waals surface area contributed by atoms with Crippen LogP contribution >= 0.6 is 0 Å². The normalized spacial score (nSPS) is 40.8. The number of hydroxylamine groups is 2. The van der Waals surface area contributed by atoms with Gasteiger partial charge >= 0.3 is 0 Å². The smallest absolute Gasteiger partial charge is 0.102 e. The van der Waals surface area contributed by atoms with Gasteiger partial charge in [-0.2, -0.15) is 0 Å². The van der Waals surface area contributed by atoms with Crippen LogP contribution in [0.4, 0.5) is 0 Å². The molecular formula is C17H29NO. The van der Waals surface area contributed by atoms with E-state index in [9.17, 15) is 0 Å². The lowest BCUT2D eigenvalue weighted by atomic mass is 9.61. The summed E-state index contributed by atoms with van der Waals surface area (Å²) in [5.74, 6) is 0. The lowest BCUT2D eigenvalue weighted by Gasteiger charge is -2.56. The molecule has 2 saturated carbocycles. The number of nitrogens with zero attached hydrogens (tertiary/aromatic N) is 1. The molecule has 0 saturated heterocycles. The van der Waals surface area contributed by atoms with Gasteiger partial charge in [0.15, 0.2) is 0 Å². The first-order valence-corrected chi connectivity index (χ1v) is 8.22. The minimum absolute atomic E-state index is 0.0154. The molecule has 0 aromatic rings. The van der Waals surface area contributed by atoms with Crippen LogP contribution in [0.3, 0.4) is 0 Å². The SMILES string of the molecule is CC1=CN(C2CCCCC2)OC2(C)CCCCC12C. The Morgan fingerprint density at radius 3 is 2.47 bits per heavy atom. The van der Waals surface area contributed by atoms with Crippen molar-refractivity contribution in [3.05, 3.63) is 11.8 Å². The molecule has 1 heterocycles. The van der Waals surface area contributed by atoms with Crippen molar-refractivity contribution in [2.45, 2.75) is 90.2 Å². The third-order valence-electron chi connectivity index (χ3n) is 6.18. The summed E-state index contributed by atoms with van der Waals surface area (Å²) in [6.07, 6.45) is 14.2.